The van der Waals surface area contributed by atoms with E-state index in [-0.39, 0.29) is 35.7 Å². The second kappa shape index (κ2) is 8.46. The maximum Gasteiger partial charge on any atom is 0.233 e. The van der Waals surface area contributed by atoms with Crippen LogP contribution in [0.3, 0.4) is 0 Å². The maximum atomic E-state index is 12.8. The number of nitrogens with two attached hydrogens (primary N) is 3. The predicted molar refractivity (Wildman–Crippen MR) is 102 cm³/mol. The number of hydrazine groups is 1. The van der Waals surface area contributed by atoms with Gasteiger partial charge in [0.25, 0.3) is 0 Å². The van der Waals surface area contributed by atoms with Gasteiger partial charge >= 0.3 is 0 Å². The molecule has 0 aromatic heterocycles. The summed E-state index contributed by atoms with van der Waals surface area (Å²) in [5.74, 6) is 3.57. The van der Waals surface area contributed by atoms with Crippen LogP contribution in [0.15, 0.2) is 42.5 Å². The quantitative estimate of drug-likeness (QED) is 0.0956. The van der Waals surface area contributed by atoms with Crippen LogP contribution >= 0.6 is 11.6 Å². The normalized spacial score (nSPS) is 11.6. The molecule has 8 heteroatoms. The Balaban J connectivity index is 2.45. The maximum absolute atomic E-state index is 12.8. The van der Waals surface area contributed by atoms with Gasteiger partial charge in [0.2, 0.25) is 5.91 Å². The zero-order chi connectivity index (χ0) is 19.3. The first-order chi connectivity index (χ1) is 12.3. The highest BCUT2D eigenvalue weighted by atomic mass is 35.5. The number of carbonyl (C=O) groups excluding carboxylic acids is 2. The number of hydrogen-bond acceptors (Lipinski definition) is 5. The minimum Gasteiger partial charge on any atom is -0.398 e. The fraction of sp³-hybridized carbons (Fsp3) is 0.167. The van der Waals surface area contributed by atoms with Crippen LogP contribution < -0.4 is 22.7 Å². The van der Waals surface area contributed by atoms with E-state index in [0.29, 0.717) is 16.1 Å². The average molecular weight is 374 g/mol. The van der Waals surface area contributed by atoms with E-state index >= 15 is 0 Å². The van der Waals surface area contributed by atoms with Crippen LogP contribution in [0.4, 0.5) is 5.69 Å². The fourth-order valence-corrected chi connectivity index (χ4v) is 2.91. The zero-order valence-electron chi connectivity index (χ0n) is 14.0. The first-order valence-corrected chi connectivity index (χ1v) is 8.25. The molecule has 1 unspecified atom stereocenters. The molecule has 0 saturated carbocycles. The van der Waals surface area contributed by atoms with Gasteiger partial charge in [0.05, 0.1) is 5.84 Å². The van der Waals surface area contributed by atoms with Gasteiger partial charge in [0.1, 0.15) is 0 Å². The second-order valence-electron chi connectivity index (χ2n) is 5.77. The lowest BCUT2D eigenvalue weighted by atomic mass is 9.88. The minimum absolute atomic E-state index is 0.0503. The molecule has 0 radical (unpaired) electrons. The second-order valence-corrected chi connectivity index (χ2v) is 6.20. The van der Waals surface area contributed by atoms with Crippen molar-refractivity contribution in [3.8, 4) is 0 Å². The summed E-state index contributed by atoms with van der Waals surface area (Å²) in [6.45, 7) is 0. The largest absolute Gasteiger partial charge is 0.398 e. The molecule has 1 amide bonds. The molecule has 0 heterocycles. The van der Waals surface area contributed by atoms with E-state index in [4.69, 9.17) is 34.3 Å². The number of amidine groups is 1. The Morgan fingerprint density at radius 1 is 1.19 bits per heavy atom. The van der Waals surface area contributed by atoms with Crippen LogP contribution in [0.5, 0.6) is 0 Å². The smallest absolute Gasteiger partial charge is 0.233 e. The number of nitrogen functional groups attached to an aromatic ring is 1. The standard InChI is InChI=1S/C18H20ClN5O2/c19-11-8-13(12(18(21)22)6-7-15(25)24-23)16(20)14(9-11)17(26)10-4-2-1-3-5-10/h1-5,8-9,12H,6-7,20,23H2,(H3,21,22)(H,24,25). The molecule has 7 nitrogen and oxygen atoms in total. The van der Waals surface area contributed by atoms with Crippen molar-refractivity contribution in [1.82, 2.24) is 5.43 Å². The third kappa shape index (κ3) is 4.38. The summed E-state index contributed by atoms with van der Waals surface area (Å²) >= 11 is 6.17. The molecule has 2 rings (SSSR count). The predicted octanol–water partition coefficient (Wildman–Crippen LogP) is 1.94. The summed E-state index contributed by atoms with van der Waals surface area (Å²) in [6, 6.07) is 11.7. The number of anilines is 1. The molecular formula is C18H20ClN5O2. The molecule has 8 N–H and O–H groups in total. The fourth-order valence-electron chi connectivity index (χ4n) is 2.69. The summed E-state index contributed by atoms with van der Waals surface area (Å²) in [5.41, 5.74) is 15.3. The van der Waals surface area contributed by atoms with Crippen molar-refractivity contribution in [2.75, 3.05) is 5.73 Å². The van der Waals surface area contributed by atoms with Gasteiger partial charge in [-0.2, -0.15) is 0 Å². The van der Waals surface area contributed by atoms with Crippen LogP contribution in [0.2, 0.25) is 5.02 Å². The van der Waals surface area contributed by atoms with Crippen molar-refractivity contribution < 1.29 is 9.59 Å². The number of ketones is 1. The van der Waals surface area contributed by atoms with Gasteiger partial charge < -0.3 is 11.5 Å². The summed E-state index contributed by atoms with van der Waals surface area (Å²) in [6.07, 6.45) is 0.260. The molecule has 0 aliphatic heterocycles. The Morgan fingerprint density at radius 3 is 2.42 bits per heavy atom. The van der Waals surface area contributed by atoms with Crippen LogP contribution in [-0.4, -0.2) is 17.5 Å². The van der Waals surface area contributed by atoms with Crippen LogP contribution in [0, 0.1) is 5.41 Å². The van der Waals surface area contributed by atoms with E-state index < -0.39 is 11.8 Å². The van der Waals surface area contributed by atoms with Gasteiger partial charge in [-0.3, -0.25) is 20.4 Å². The summed E-state index contributed by atoms with van der Waals surface area (Å²) < 4.78 is 0. The first kappa shape index (κ1) is 19.4. The molecule has 2 aromatic carbocycles. The molecule has 0 aliphatic carbocycles. The van der Waals surface area contributed by atoms with Crippen molar-refractivity contribution in [3.05, 3.63) is 64.2 Å². The van der Waals surface area contributed by atoms with Gasteiger partial charge in [0, 0.05) is 34.2 Å². The van der Waals surface area contributed by atoms with Gasteiger partial charge in [-0.25, -0.2) is 5.84 Å². The molecule has 0 bridgehead atoms. The third-order valence-corrected chi connectivity index (χ3v) is 4.25. The SMILES string of the molecule is N=C(N)C(CCC(=O)NN)c1cc(Cl)cc(C(=O)c2ccccc2)c1N. The van der Waals surface area contributed by atoms with Crippen molar-refractivity contribution >= 4 is 34.8 Å². The number of amides is 1. The highest BCUT2D eigenvalue weighted by Crippen LogP contribution is 2.33. The molecule has 0 spiro atoms. The molecule has 1 atom stereocenters. The lowest BCUT2D eigenvalue weighted by molar-refractivity contribution is -0.121. The number of rotatable bonds is 7. The number of halogens is 1. The molecule has 0 saturated heterocycles. The summed E-state index contributed by atoms with van der Waals surface area (Å²) in [7, 11) is 0. The molecule has 26 heavy (non-hydrogen) atoms. The molecule has 0 fully saturated rings. The van der Waals surface area contributed by atoms with E-state index in [1.165, 1.54) is 6.07 Å². The zero-order valence-corrected chi connectivity index (χ0v) is 14.7. The summed E-state index contributed by atoms with van der Waals surface area (Å²) in [5, 5.41) is 8.13. The van der Waals surface area contributed by atoms with Gasteiger partial charge in [-0.15, -0.1) is 0 Å². The van der Waals surface area contributed by atoms with Crippen molar-refractivity contribution in [1.29, 1.82) is 5.41 Å². The number of carbonyl (C=O) groups is 2. The molecule has 0 aliphatic rings. The van der Waals surface area contributed by atoms with Crippen LogP contribution in [0.1, 0.15) is 40.2 Å². The molecular weight excluding hydrogens is 354 g/mol. The number of hydrogen-bond donors (Lipinski definition) is 5. The lowest BCUT2D eigenvalue weighted by Crippen LogP contribution is -2.31. The van der Waals surface area contributed by atoms with Crippen LogP contribution in [-0.2, 0) is 4.79 Å². The van der Waals surface area contributed by atoms with E-state index in [9.17, 15) is 9.59 Å². The first-order valence-electron chi connectivity index (χ1n) is 7.87. The monoisotopic (exact) mass is 373 g/mol. The highest BCUT2D eigenvalue weighted by Gasteiger charge is 2.23. The third-order valence-electron chi connectivity index (χ3n) is 4.03. The Morgan fingerprint density at radius 2 is 1.85 bits per heavy atom. The average Bonchev–Trinajstić information content (AvgIpc) is 2.63. The van der Waals surface area contributed by atoms with Gasteiger partial charge in [-0.1, -0.05) is 41.9 Å². The Labute approximate surface area is 156 Å². The lowest BCUT2D eigenvalue weighted by Gasteiger charge is -2.20. The van der Waals surface area contributed by atoms with Crippen molar-refractivity contribution in [2.24, 2.45) is 11.6 Å². The Hall–Kier alpha value is -2.90. The van der Waals surface area contributed by atoms with Crippen molar-refractivity contribution in [3.63, 3.8) is 0 Å². The van der Waals surface area contributed by atoms with Gasteiger partial charge in [0.15, 0.2) is 5.78 Å². The van der Waals surface area contributed by atoms with E-state index in [2.05, 4.69) is 0 Å². The van der Waals surface area contributed by atoms with E-state index in [1.54, 1.807) is 36.4 Å². The van der Waals surface area contributed by atoms with Crippen molar-refractivity contribution in [2.45, 2.75) is 18.8 Å². The number of nitrogens with one attached hydrogen (secondary N) is 2. The minimum atomic E-state index is -0.659. The Kier molecular flexibility index (Phi) is 6.32. The topological polar surface area (TPSA) is 148 Å². The van der Waals surface area contributed by atoms with E-state index in [1.807, 2.05) is 5.43 Å². The van der Waals surface area contributed by atoms with Crippen LogP contribution in [0.25, 0.3) is 0 Å². The summed E-state index contributed by atoms with van der Waals surface area (Å²) in [4.78, 5) is 24.2. The van der Waals surface area contributed by atoms with Gasteiger partial charge in [-0.05, 0) is 24.1 Å². The van der Waals surface area contributed by atoms with E-state index in [0.717, 1.165) is 0 Å². The Bertz CT molecular complexity index is 839. The number of benzene rings is 2. The molecule has 136 valence electrons. The molecule has 2 aromatic rings. The highest BCUT2D eigenvalue weighted by molar-refractivity contribution is 6.31.